The normalized spacial score (nSPS) is 37.7. The molecule has 1 spiro atoms. The number of ether oxygens (including phenoxy) is 1. The molecule has 2 heterocycles. The van der Waals surface area contributed by atoms with Gasteiger partial charge < -0.3 is 14.7 Å². The van der Waals surface area contributed by atoms with Crippen LogP contribution >= 0.6 is 0 Å². The highest BCUT2D eigenvalue weighted by Crippen LogP contribution is 2.57. The van der Waals surface area contributed by atoms with E-state index in [0.29, 0.717) is 17.7 Å². The molecule has 5 rings (SSSR count). The number of nitrogens with zero attached hydrogens (tertiary/aromatic N) is 1. The Bertz CT molecular complexity index is 651. The van der Waals surface area contributed by atoms with E-state index >= 15 is 0 Å². The van der Waals surface area contributed by atoms with Crippen LogP contribution in [0.5, 0.6) is 5.75 Å². The van der Waals surface area contributed by atoms with Gasteiger partial charge in [0.15, 0.2) is 0 Å². The highest BCUT2D eigenvalue weighted by Gasteiger charge is 2.58. The van der Waals surface area contributed by atoms with Gasteiger partial charge in [-0.25, -0.2) is 0 Å². The molecule has 24 heavy (non-hydrogen) atoms. The minimum absolute atomic E-state index is 0.131. The van der Waals surface area contributed by atoms with Crippen LogP contribution in [0.2, 0.25) is 0 Å². The summed E-state index contributed by atoms with van der Waals surface area (Å²) in [6.45, 7) is 2.01. The summed E-state index contributed by atoms with van der Waals surface area (Å²) in [7, 11) is 2.31. The monoisotopic (exact) mass is 327 g/mol. The zero-order valence-corrected chi connectivity index (χ0v) is 14.8. The van der Waals surface area contributed by atoms with Crippen LogP contribution < -0.4 is 0 Å². The molecule has 0 unspecified atom stereocenters. The summed E-state index contributed by atoms with van der Waals surface area (Å²) < 4.78 is 6.68. The maximum atomic E-state index is 10.1. The predicted octanol–water partition coefficient (Wildman–Crippen LogP) is 3.63. The minimum Gasteiger partial charge on any atom is -0.508 e. The van der Waals surface area contributed by atoms with E-state index in [4.69, 9.17) is 4.74 Å². The topological polar surface area (TPSA) is 32.7 Å². The van der Waals surface area contributed by atoms with Gasteiger partial charge in [0.25, 0.3) is 0 Å². The first-order chi connectivity index (χ1) is 11.6. The summed E-state index contributed by atoms with van der Waals surface area (Å²) in [6, 6.07) is 6.70. The van der Waals surface area contributed by atoms with E-state index < -0.39 is 0 Å². The van der Waals surface area contributed by atoms with Gasteiger partial charge in [0, 0.05) is 11.5 Å². The van der Waals surface area contributed by atoms with Crippen molar-refractivity contribution in [2.75, 3.05) is 20.2 Å². The van der Waals surface area contributed by atoms with Crippen molar-refractivity contribution in [3.8, 4) is 5.75 Å². The van der Waals surface area contributed by atoms with Gasteiger partial charge in [0.2, 0.25) is 0 Å². The maximum Gasteiger partial charge on any atom is 0.115 e. The van der Waals surface area contributed by atoms with E-state index in [1.807, 2.05) is 12.1 Å². The molecule has 2 aliphatic heterocycles. The first-order valence-electron chi connectivity index (χ1n) is 9.79. The molecule has 3 heteroatoms. The molecule has 4 aliphatic rings. The summed E-state index contributed by atoms with van der Waals surface area (Å²) in [5.74, 6) is 1.09. The molecular weight excluding hydrogens is 298 g/mol. The number of fused-ring (bicyclic) bond motifs is 1. The zero-order chi connectivity index (χ0) is 16.4. The van der Waals surface area contributed by atoms with Crippen LogP contribution in [0.4, 0.5) is 0 Å². The number of likely N-dealkylation sites (tertiary alicyclic amines) is 1. The Morgan fingerprint density at radius 1 is 1.17 bits per heavy atom. The smallest absolute Gasteiger partial charge is 0.115 e. The lowest BCUT2D eigenvalue weighted by Crippen LogP contribution is -2.65. The zero-order valence-electron chi connectivity index (χ0n) is 14.8. The van der Waals surface area contributed by atoms with E-state index in [9.17, 15) is 5.11 Å². The van der Waals surface area contributed by atoms with Crippen LogP contribution in [-0.4, -0.2) is 41.8 Å². The second-order valence-electron chi connectivity index (χ2n) is 8.84. The van der Waals surface area contributed by atoms with Gasteiger partial charge in [-0.1, -0.05) is 25.3 Å². The Morgan fingerprint density at radius 3 is 2.83 bits per heavy atom. The Morgan fingerprint density at radius 2 is 2.00 bits per heavy atom. The van der Waals surface area contributed by atoms with Crippen LogP contribution in [0.1, 0.15) is 56.1 Å². The van der Waals surface area contributed by atoms with Crippen molar-refractivity contribution in [3.63, 3.8) is 0 Å². The lowest BCUT2D eigenvalue weighted by Gasteiger charge is -2.62. The molecule has 1 aromatic carbocycles. The summed E-state index contributed by atoms with van der Waals surface area (Å²) >= 11 is 0. The first kappa shape index (κ1) is 15.2. The van der Waals surface area contributed by atoms with E-state index in [0.717, 1.165) is 26.0 Å². The third-order valence-corrected chi connectivity index (χ3v) is 7.70. The lowest BCUT2D eigenvalue weighted by molar-refractivity contribution is -0.180. The molecule has 130 valence electrons. The summed E-state index contributed by atoms with van der Waals surface area (Å²) in [4.78, 5) is 2.60. The molecule has 2 saturated heterocycles. The van der Waals surface area contributed by atoms with Gasteiger partial charge in [-0.15, -0.1) is 0 Å². The molecule has 3 nitrogen and oxygen atoms in total. The van der Waals surface area contributed by atoms with Crippen LogP contribution in [-0.2, 0) is 16.6 Å². The number of aromatic hydroxyl groups is 1. The number of hydrogen-bond donors (Lipinski definition) is 1. The van der Waals surface area contributed by atoms with Gasteiger partial charge in [0.1, 0.15) is 5.75 Å². The molecule has 1 aromatic rings. The molecular formula is C21H29NO2. The van der Waals surface area contributed by atoms with E-state index in [2.05, 4.69) is 18.0 Å². The number of piperidine rings is 1. The molecule has 0 amide bonds. The standard InChI is InChI=1S/C21H29NO2/c1-22-10-9-21-14-24-20(7-3-2-4-8-20)13-18(21)19(22)11-15-5-6-16(23)12-17(15)21/h5-6,12,18-19,23H,2-4,7-11,13-14H2,1H3/t18-,19+,21+/m0/s1. The molecule has 1 N–H and O–H groups in total. The Balaban J connectivity index is 1.59. The molecule has 3 atom stereocenters. The number of rotatable bonds is 0. The largest absolute Gasteiger partial charge is 0.508 e. The van der Waals surface area contributed by atoms with E-state index in [-0.39, 0.29) is 11.0 Å². The molecule has 0 radical (unpaired) electrons. The number of benzene rings is 1. The number of phenols is 1. The fraction of sp³-hybridized carbons (Fsp3) is 0.714. The van der Waals surface area contributed by atoms with Crippen molar-refractivity contribution in [3.05, 3.63) is 29.3 Å². The van der Waals surface area contributed by atoms with Gasteiger partial charge >= 0.3 is 0 Å². The molecule has 2 aliphatic carbocycles. The van der Waals surface area contributed by atoms with Crippen molar-refractivity contribution in [2.24, 2.45) is 5.92 Å². The van der Waals surface area contributed by atoms with E-state index in [1.165, 1.54) is 49.7 Å². The third kappa shape index (κ3) is 2.04. The van der Waals surface area contributed by atoms with Crippen molar-refractivity contribution >= 4 is 0 Å². The van der Waals surface area contributed by atoms with Gasteiger partial charge in [-0.05, 0) is 74.9 Å². The maximum absolute atomic E-state index is 10.1. The van der Waals surface area contributed by atoms with Crippen LogP contribution in [0.25, 0.3) is 0 Å². The van der Waals surface area contributed by atoms with Crippen LogP contribution in [0.3, 0.4) is 0 Å². The van der Waals surface area contributed by atoms with Crippen molar-refractivity contribution < 1.29 is 9.84 Å². The summed E-state index contributed by atoms with van der Waals surface area (Å²) in [5, 5.41) is 10.1. The average Bonchev–Trinajstić information content (AvgIpc) is 2.59. The Labute approximate surface area is 145 Å². The fourth-order valence-electron chi connectivity index (χ4n) is 6.34. The molecule has 3 fully saturated rings. The fourth-order valence-corrected chi connectivity index (χ4v) is 6.34. The number of likely N-dealkylation sites (N-methyl/N-ethyl adjacent to an activating group) is 1. The van der Waals surface area contributed by atoms with Crippen LogP contribution in [0.15, 0.2) is 18.2 Å². The van der Waals surface area contributed by atoms with Crippen molar-refractivity contribution in [1.82, 2.24) is 4.90 Å². The second kappa shape index (κ2) is 5.22. The SMILES string of the molecule is CN1CC[C@]23COC4(CCCCC4)C[C@H]2[C@H]1Cc1ccc(O)cc13. The Hall–Kier alpha value is -1.06. The van der Waals surface area contributed by atoms with E-state index in [1.54, 1.807) is 0 Å². The van der Waals surface area contributed by atoms with Crippen molar-refractivity contribution in [2.45, 2.75) is 68.4 Å². The predicted molar refractivity (Wildman–Crippen MR) is 94.4 cm³/mol. The van der Waals surface area contributed by atoms with Gasteiger partial charge in [-0.2, -0.15) is 0 Å². The lowest BCUT2D eigenvalue weighted by atomic mass is 9.53. The quantitative estimate of drug-likeness (QED) is 0.790. The van der Waals surface area contributed by atoms with Crippen molar-refractivity contribution in [1.29, 1.82) is 0 Å². The molecule has 2 bridgehead atoms. The molecule has 1 saturated carbocycles. The summed E-state index contributed by atoms with van der Waals surface area (Å²) in [5.41, 5.74) is 3.11. The van der Waals surface area contributed by atoms with Crippen LogP contribution in [0, 0.1) is 5.92 Å². The van der Waals surface area contributed by atoms with Gasteiger partial charge in [-0.3, -0.25) is 0 Å². The van der Waals surface area contributed by atoms with Gasteiger partial charge in [0.05, 0.1) is 12.2 Å². The average molecular weight is 327 g/mol. The third-order valence-electron chi connectivity index (χ3n) is 7.70. The Kier molecular flexibility index (Phi) is 3.31. The highest BCUT2D eigenvalue weighted by atomic mass is 16.5. The second-order valence-corrected chi connectivity index (χ2v) is 8.84. The minimum atomic E-state index is 0.131. The first-order valence-corrected chi connectivity index (χ1v) is 9.79. The number of phenolic OH excluding ortho intramolecular Hbond substituents is 1. The number of hydrogen-bond acceptors (Lipinski definition) is 3. The molecule has 0 aromatic heterocycles. The summed E-state index contributed by atoms with van der Waals surface area (Å²) in [6.07, 6.45) is 10.1. The highest BCUT2D eigenvalue weighted by molar-refractivity contribution is 5.45.